The summed E-state index contributed by atoms with van der Waals surface area (Å²) < 4.78 is 6.44. The first-order chi connectivity index (χ1) is 4.80. The summed E-state index contributed by atoms with van der Waals surface area (Å²) in [7, 11) is 0. The van der Waals surface area contributed by atoms with E-state index in [1.165, 1.54) is 0 Å². The fourth-order valence-electron chi connectivity index (χ4n) is 0.234. The summed E-state index contributed by atoms with van der Waals surface area (Å²) in [6.45, 7) is 0. The van der Waals surface area contributed by atoms with Gasteiger partial charge < -0.3 is 20.4 Å². The van der Waals surface area contributed by atoms with E-state index in [4.69, 9.17) is 21.8 Å². The lowest BCUT2D eigenvalue weighted by Crippen LogP contribution is -2.39. The van der Waals surface area contributed by atoms with Crippen LogP contribution < -0.4 is 0 Å². The lowest BCUT2D eigenvalue weighted by molar-refractivity contribution is -0.165. The highest BCUT2D eigenvalue weighted by molar-refractivity contribution is 5.82. The molecule has 4 N–H and O–H groups in total. The Labute approximate surface area is 56.7 Å². The van der Waals surface area contributed by atoms with Crippen LogP contribution in [0.1, 0.15) is 1.37 Å². The van der Waals surface area contributed by atoms with E-state index in [9.17, 15) is 9.59 Å². The van der Waals surface area contributed by atoms with Crippen LogP contribution in [0.25, 0.3) is 0 Å². The highest BCUT2D eigenvalue weighted by atomic mass is 16.4. The second kappa shape index (κ2) is 3.14. The number of aliphatic carboxylic acids is 2. The Bertz CT molecular complexity index is 187. The van der Waals surface area contributed by atoms with Gasteiger partial charge in [0.05, 0.1) is 1.37 Å². The number of aliphatic hydroxyl groups is 2. The quantitative estimate of drug-likeness (QED) is 0.366. The van der Waals surface area contributed by atoms with Crippen LogP contribution in [-0.2, 0) is 9.59 Å². The normalized spacial score (nSPS) is 20.4. The summed E-state index contributed by atoms with van der Waals surface area (Å²) >= 11 is 0. The van der Waals surface area contributed by atoms with Gasteiger partial charge in [0.25, 0.3) is 0 Å². The molecule has 0 saturated carbocycles. The molecule has 0 aliphatic rings. The first-order valence-corrected chi connectivity index (χ1v) is 2.16. The molecule has 0 spiro atoms. The van der Waals surface area contributed by atoms with Crippen molar-refractivity contribution in [3.05, 3.63) is 0 Å². The standard InChI is InChI=1S/C4H6O6/c5-1(3(7)8)2(6)4(9)10/h1-2,5-6H,(H,7,8)(H,9,10)/i1D. The van der Waals surface area contributed by atoms with Crippen molar-refractivity contribution in [2.75, 3.05) is 0 Å². The maximum absolute atomic E-state index is 9.91. The zero-order valence-corrected chi connectivity index (χ0v) is 4.68. The maximum Gasteiger partial charge on any atom is 0.335 e. The van der Waals surface area contributed by atoms with Crippen molar-refractivity contribution >= 4 is 11.9 Å². The Morgan fingerprint density at radius 3 is 1.70 bits per heavy atom. The molecule has 0 saturated heterocycles. The molecule has 10 heavy (non-hydrogen) atoms. The zero-order valence-electron chi connectivity index (χ0n) is 5.68. The molecule has 6 nitrogen and oxygen atoms in total. The average Bonchev–Trinajstić information content (AvgIpc) is 1.85. The smallest absolute Gasteiger partial charge is 0.335 e. The molecular formula is C4H6O6. The molecule has 0 aromatic rings. The lowest BCUT2D eigenvalue weighted by atomic mass is 10.2. The van der Waals surface area contributed by atoms with Gasteiger partial charge in [-0.15, -0.1) is 0 Å². The van der Waals surface area contributed by atoms with Gasteiger partial charge >= 0.3 is 11.9 Å². The van der Waals surface area contributed by atoms with Gasteiger partial charge in [-0.25, -0.2) is 9.59 Å². The van der Waals surface area contributed by atoms with Crippen molar-refractivity contribution in [3.8, 4) is 0 Å². The summed E-state index contributed by atoms with van der Waals surface area (Å²) in [6, 6.07) is 0. The minimum absolute atomic E-state index is 1.97. The summed E-state index contributed by atoms with van der Waals surface area (Å²) in [5.74, 6) is -4.09. The number of carbonyl (C=O) groups is 2. The molecule has 58 valence electrons. The number of hydrogen-bond donors (Lipinski definition) is 4. The first-order valence-electron chi connectivity index (χ1n) is 2.66. The number of hydrogen-bond acceptors (Lipinski definition) is 4. The zero-order chi connectivity index (χ0) is 9.23. The Hall–Kier alpha value is -1.14. The molecule has 2 atom stereocenters. The number of carboxylic acid groups (broad SMARTS) is 2. The molecule has 0 amide bonds. The molecule has 0 aromatic heterocycles. The van der Waals surface area contributed by atoms with Gasteiger partial charge in [0.15, 0.2) is 12.2 Å². The molecule has 0 fully saturated rings. The van der Waals surface area contributed by atoms with Crippen molar-refractivity contribution in [3.63, 3.8) is 0 Å². The van der Waals surface area contributed by atoms with E-state index in [2.05, 4.69) is 0 Å². The minimum atomic E-state index is -3.40. The van der Waals surface area contributed by atoms with Crippen molar-refractivity contribution in [2.45, 2.75) is 12.2 Å². The second-order valence-corrected chi connectivity index (χ2v) is 1.43. The van der Waals surface area contributed by atoms with Crippen molar-refractivity contribution < 1.29 is 31.4 Å². The molecule has 6 heteroatoms. The van der Waals surface area contributed by atoms with Crippen LogP contribution in [0.4, 0.5) is 0 Å². The van der Waals surface area contributed by atoms with E-state index in [1.807, 2.05) is 0 Å². The Morgan fingerprint density at radius 2 is 1.60 bits per heavy atom. The van der Waals surface area contributed by atoms with Gasteiger partial charge in [-0.2, -0.15) is 0 Å². The predicted molar refractivity (Wildman–Crippen MR) is 27.3 cm³/mol. The van der Waals surface area contributed by atoms with Crippen molar-refractivity contribution in [2.24, 2.45) is 0 Å². The van der Waals surface area contributed by atoms with E-state index in [0.29, 0.717) is 0 Å². The van der Waals surface area contributed by atoms with E-state index in [-0.39, 0.29) is 0 Å². The number of aliphatic hydroxyl groups excluding tert-OH is 1. The summed E-state index contributed by atoms with van der Waals surface area (Å²) in [4.78, 5) is 19.8. The molecule has 0 rings (SSSR count). The maximum atomic E-state index is 9.91. The molecule has 2 unspecified atom stereocenters. The third-order valence-corrected chi connectivity index (χ3v) is 0.712. The van der Waals surface area contributed by atoms with Crippen LogP contribution in [0.2, 0.25) is 0 Å². The molecule has 0 heterocycles. The Balaban J connectivity index is 4.55. The largest absolute Gasteiger partial charge is 0.479 e. The fraction of sp³-hybridized carbons (Fsp3) is 0.500. The van der Waals surface area contributed by atoms with Gasteiger partial charge in [0.2, 0.25) is 0 Å². The van der Waals surface area contributed by atoms with Crippen LogP contribution in [-0.4, -0.2) is 44.5 Å². The number of rotatable bonds is 3. The summed E-state index contributed by atoms with van der Waals surface area (Å²) in [5, 5.41) is 32.8. The highest BCUT2D eigenvalue weighted by Crippen LogP contribution is 1.92. The van der Waals surface area contributed by atoms with Crippen LogP contribution in [0, 0.1) is 0 Å². The van der Waals surface area contributed by atoms with E-state index >= 15 is 0 Å². The SMILES string of the molecule is [2H]C(O)(C(=O)O)C(O)C(=O)O. The molecule has 0 aliphatic heterocycles. The molecular weight excluding hydrogens is 144 g/mol. The van der Waals surface area contributed by atoms with Gasteiger partial charge in [0.1, 0.15) is 0 Å². The Kier molecular flexibility index (Phi) is 2.19. The van der Waals surface area contributed by atoms with Crippen LogP contribution in [0.5, 0.6) is 0 Å². The minimum Gasteiger partial charge on any atom is -0.479 e. The van der Waals surface area contributed by atoms with Crippen molar-refractivity contribution in [1.82, 2.24) is 0 Å². The van der Waals surface area contributed by atoms with Gasteiger partial charge in [-0.3, -0.25) is 0 Å². The van der Waals surface area contributed by atoms with Gasteiger partial charge in [-0.05, 0) is 0 Å². The lowest BCUT2D eigenvalue weighted by Gasteiger charge is -2.07. The van der Waals surface area contributed by atoms with Crippen LogP contribution >= 0.6 is 0 Å². The second-order valence-electron chi connectivity index (χ2n) is 1.43. The summed E-state index contributed by atoms with van der Waals surface area (Å²) in [5.41, 5.74) is 0. The third kappa shape index (κ3) is 2.00. The average molecular weight is 151 g/mol. The van der Waals surface area contributed by atoms with E-state index in [0.717, 1.165) is 0 Å². The van der Waals surface area contributed by atoms with Gasteiger partial charge in [-0.1, -0.05) is 0 Å². The molecule has 0 radical (unpaired) electrons. The molecule has 0 aromatic carbocycles. The van der Waals surface area contributed by atoms with Crippen molar-refractivity contribution in [1.29, 1.82) is 0 Å². The third-order valence-electron chi connectivity index (χ3n) is 0.712. The number of carboxylic acids is 2. The van der Waals surface area contributed by atoms with Crippen LogP contribution in [0.15, 0.2) is 0 Å². The van der Waals surface area contributed by atoms with E-state index in [1.54, 1.807) is 0 Å². The fourth-order valence-corrected chi connectivity index (χ4v) is 0.234. The van der Waals surface area contributed by atoms with Crippen LogP contribution in [0.3, 0.4) is 0 Å². The van der Waals surface area contributed by atoms with Gasteiger partial charge in [0, 0.05) is 0 Å². The predicted octanol–water partition coefficient (Wildman–Crippen LogP) is -2.12. The first kappa shape index (κ1) is 6.97. The monoisotopic (exact) mass is 151 g/mol. The Morgan fingerprint density at radius 1 is 1.20 bits per heavy atom. The summed E-state index contributed by atoms with van der Waals surface area (Å²) in [6.07, 6.45) is -6.05. The topological polar surface area (TPSA) is 115 Å². The molecule has 0 bridgehead atoms. The van der Waals surface area contributed by atoms with E-state index < -0.39 is 24.1 Å². The highest BCUT2D eigenvalue weighted by Gasteiger charge is 2.29. The molecule has 0 aliphatic carbocycles.